The van der Waals surface area contributed by atoms with Gasteiger partial charge in [-0.3, -0.25) is 4.98 Å². The van der Waals surface area contributed by atoms with E-state index in [1.807, 2.05) is 12.3 Å². The van der Waals surface area contributed by atoms with E-state index in [1.54, 1.807) is 0 Å². The molecule has 0 bridgehead atoms. The van der Waals surface area contributed by atoms with Crippen molar-refractivity contribution in [3.8, 4) is 44.8 Å². The van der Waals surface area contributed by atoms with E-state index >= 15 is 0 Å². The van der Waals surface area contributed by atoms with Crippen molar-refractivity contribution in [1.29, 1.82) is 0 Å². The number of rotatable bonds is 5. The summed E-state index contributed by atoms with van der Waals surface area (Å²) < 4.78 is 4.82. The van der Waals surface area contributed by atoms with Crippen molar-refractivity contribution in [2.45, 2.75) is 0 Å². The van der Waals surface area contributed by atoms with E-state index in [1.165, 1.54) is 77.0 Å². The van der Waals surface area contributed by atoms with Crippen molar-refractivity contribution in [2.24, 2.45) is 0 Å². The van der Waals surface area contributed by atoms with Gasteiger partial charge in [-0.25, -0.2) is 0 Å². The fraction of sp³-hybridized carbons (Fsp3) is 0. The molecule has 0 N–H and O–H groups in total. The highest BCUT2D eigenvalue weighted by Crippen LogP contribution is 2.38. The lowest BCUT2D eigenvalue weighted by Crippen LogP contribution is -1.95. The van der Waals surface area contributed by atoms with Gasteiger partial charge in [-0.15, -0.1) is 0 Å². The Labute approximate surface area is 312 Å². The Kier molecular flexibility index (Phi) is 6.86. The van der Waals surface area contributed by atoms with Crippen molar-refractivity contribution >= 4 is 54.5 Å². The first-order valence-electron chi connectivity index (χ1n) is 18.5. The van der Waals surface area contributed by atoms with Gasteiger partial charge >= 0.3 is 0 Å². The molecule has 3 heterocycles. The molecule has 0 aliphatic rings. The number of aromatic nitrogens is 3. The van der Waals surface area contributed by atoms with Crippen LogP contribution in [0.15, 0.2) is 200 Å². The maximum absolute atomic E-state index is 4.60. The molecule has 3 aromatic heterocycles. The molecule has 0 atom stereocenters. The predicted octanol–water partition coefficient (Wildman–Crippen LogP) is 13.4. The first kappa shape index (κ1) is 30.4. The van der Waals surface area contributed by atoms with E-state index in [9.17, 15) is 0 Å². The third-order valence-corrected chi connectivity index (χ3v) is 11.0. The summed E-state index contributed by atoms with van der Waals surface area (Å²) in [5.74, 6) is 0. The monoisotopic (exact) mass is 687 g/mol. The number of fused-ring (bicyclic) bond motifs is 7. The number of para-hydroxylation sites is 4. The van der Waals surface area contributed by atoms with Crippen LogP contribution < -0.4 is 0 Å². The Morgan fingerprint density at radius 3 is 1.39 bits per heavy atom. The summed E-state index contributed by atoms with van der Waals surface area (Å²) in [4.78, 5) is 4.60. The van der Waals surface area contributed by atoms with Crippen LogP contribution in [0.2, 0.25) is 0 Å². The van der Waals surface area contributed by atoms with Crippen LogP contribution in [0, 0.1) is 0 Å². The standard InChI is InChI=1S/C51H33N3/c1-5-22-47-42(18-1)41(28-29-52-47)38-15-9-12-34(30-38)35-13-10-17-40(31-35)54-50-25-8-4-21-45(50)46-27-26-37(33-51(46)54)36-14-11-16-39(32-36)53-48-23-6-2-19-43(48)44-20-3-7-24-49(44)53/h1-33H. The minimum atomic E-state index is 1.01. The van der Waals surface area contributed by atoms with Crippen molar-refractivity contribution in [3.63, 3.8) is 0 Å². The molecular weight excluding hydrogens is 655 g/mol. The lowest BCUT2D eigenvalue weighted by molar-refractivity contribution is 1.18. The third kappa shape index (κ3) is 4.79. The zero-order valence-electron chi connectivity index (χ0n) is 29.4. The van der Waals surface area contributed by atoms with E-state index < -0.39 is 0 Å². The van der Waals surface area contributed by atoms with Gasteiger partial charge in [0.2, 0.25) is 0 Å². The largest absolute Gasteiger partial charge is 0.309 e. The van der Waals surface area contributed by atoms with Gasteiger partial charge in [0.15, 0.2) is 0 Å². The summed E-state index contributed by atoms with van der Waals surface area (Å²) in [6.07, 6.45) is 1.90. The zero-order chi connectivity index (χ0) is 35.6. The first-order chi connectivity index (χ1) is 26.8. The lowest BCUT2D eigenvalue weighted by Gasteiger charge is -2.13. The van der Waals surface area contributed by atoms with Crippen LogP contribution in [0.25, 0.3) is 99.3 Å². The summed E-state index contributed by atoms with van der Waals surface area (Å²) in [5, 5.41) is 6.18. The number of pyridine rings is 1. The average molecular weight is 688 g/mol. The maximum Gasteiger partial charge on any atom is 0.0708 e. The highest BCUT2D eigenvalue weighted by Gasteiger charge is 2.16. The molecule has 0 aliphatic heterocycles. The molecule has 11 rings (SSSR count). The van der Waals surface area contributed by atoms with Crippen molar-refractivity contribution in [1.82, 2.24) is 14.1 Å². The Morgan fingerprint density at radius 2 is 0.759 bits per heavy atom. The van der Waals surface area contributed by atoms with Gasteiger partial charge in [0.05, 0.1) is 27.6 Å². The van der Waals surface area contributed by atoms with E-state index in [4.69, 9.17) is 0 Å². The fourth-order valence-corrected chi connectivity index (χ4v) is 8.49. The second-order valence-electron chi connectivity index (χ2n) is 14.0. The van der Waals surface area contributed by atoms with Crippen molar-refractivity contribution in [2.75, 3.05) is 0 Å². The normalized spacial score (nSPS) is 11.7. The molecule has 0 saturated carbocycles. The maximum atomic E-state index is 4.60. The van der Waals surface area contributed by atoms with E-state index in [0.29, 0.717) is 0 Å². The van der Waals surface area contributed by atoms with Gasteiger partial charge in [-0.05, 0) is 100 Å². The Bertz CT molecular complexity index is 3180. The summed E-state index contributed by atoms with van der Waals surface area (Å²) in [6.45, 7) is 0. The summed E-state index contributed by atoms with van der Waals surface area (Å²) in [6, 6.07) is 70.3. The van der Waals surface area contributed by atoms with Crippen LogP contribution in [0.4, 0.5) is 0 Å². The van der Waals surface area contributed by atoms with Gasteiger partial charge < -0.3 is 9.13 Å². The molecule has 0 fully saturated rings. The van der Waals surface area contributed by atoms with Crippen LogP contribution in [-0.4, -0.2) is 14.1 Å². The van der Waals surface area contributed by atoms with Gasteiger partial charge in [0, 0.05) is 44.5 Å². The summed E-state index contributed by atoms with van der Waals surface area (Å²) in [7, 11) is 0. The second kappa shape index (κ2) is 12.2. The molecule has 11 aromatic rings. The molecule has 3 heteroatoms. The molecule has 3 nitrogen and oxygen atoms in total. The topological polar surface area (TPSA) is 22.8 Å². The third-order valence-electron chi connectivity index (χ3n) is 11.0. The van der Waals surface area contributed by atoms with Gasteiger partial charge in [-0.2, -0.15) is 0 Å². The molecule has 54 heavy (non-hydrogen) atoms. The highest BCUT2D eigenvalue weighted by molar-refractivity contribution is 6.11. The lowest BCUT2D eigenvalue weighted by atomic mass is 9.97. The summed E-state index contributed by atoms with van der Waals surface area (Å²) in [5.41, 5.74) is 15.2. The van der Waals surface area contributed by atoms with Crippen molar-refractivity contribution in [3.05, 3.63) is 200 Å². The number of hydrogen-bond donors (Lipinski definition) is 0. The van der Waals surface area contributed by atoms with Crippen LogP contribution in [-0.2, 0) is 0 Å². The average Bonchev–Trinajstić information content (AvgIpc) is 3.76. The molecule has 0 unspecified atom stereocenters. The molecule has 8 aromatic carbocycles. The number of benzene rings is 8. The summed E-state index contributed by atoms with van der Waals surface area (Å²) >= 11 is 0. The molecule has 0 spiro atoms. The molecular formula is C51H33N3. The number of nitrogens with zero attached hydrogens (tertiary/aromatic N) is 3. The van der Waals surface area contributed by atoms with Crippen LogP contribution >= 0.6 is 0 Å². The van der Waals surface area contributed by atoms with Gasteiger partial charge in [0.1, 0.15) is 0 Å². The minimum Gasteiger partial charge on any atom is -0.309 e. The smallest absolute Gasteiger partial charge is 0.0708 e. The molecule has 0 amide bonds. The predicted molar refractivity (Wildman–Crippen MR) is 227 cm³/mol. The first-order valence-corrected chi connectivity index (χ1v) is 18.5. The van der Waals surface area contributed by atoms with E-state index in [0.717, 1.165) is 22.3 Å². The highest BCUT2D eigenvalue weighted by atomic mass is 15.0. The second-order valence-corrected chi connectivity index (χ2v) is 14.0. The molecule has 0 saturated heterocycles. The van der Waals surface area contributed by atoms with Crippen LogP contribution in [0.3, 0.4) is 0 Å². The van der Waals surface area contributed by atoms with Gasteiger partial charge in [-0.1, -0.05) is 127 Å². The fourth-order valence-electron chi connectivity index (χ4n) is 8.49. The quantitative estimate of drug-likeness (QED) is 0.177. The van der Waals surface area contributed by atoms with Crippen LogP contribution in [0.1, 0.15) is 0 Å². The SMILES string of the molecule is c1cc(-c2cccc(-n3c4ccccc4c4ccc(-c5cccc(-n6c7ccccc7c7ccccc76)c5)cc43)c2)cc(-c2ccnc3ccccc23)c1. The zero-order valence-corrected chi connectivity index (χ0v) is 29.4. The molecule has 0 aliphatic carbocycles. The van der Waals surface area contributed by atoms with Crippen LogP contribution in [0.5, 0.6) is 0 Å². The Hall–Kier alpha value is -7.23. The van der Waals surface area contributed by atoms with Gasteiger partial charge in [0.25, 0.3) is 0 Å². The van der Waals surface area contributed by atoms with E-state index in [-0.39, 0.29) is 0 Å². The molecule has 0 radical (unpaired) electrons. The Morgan fingerprint density at radius 1 is 0.296 bits per heavy atom. The Balaban J connectivity index is 1.05. The van der Waals surface area contributed by atoms with Crippen molar-refractivity contribution < 1.29 is 0 Å². The minimum absolute atomic E-state index is 1.01. The number of hydrogen-bond acceptors (Lipinski definition) is 1. The molecule has 252 valence electrons. The van der Waals surface area contributed by atoms with E-state index in [2.05, 4.69) is 202 Å².